The lowest BCUT2D eigenvalue weighted by atomic mass is 10.1. The SMILES string of the molecule is CC(=O)CC(=O)c1cc2c(C)nc(C)cn2n1. The highest BCUT2D eigenvalue weighted by atomic mass is 16.1. The molecule has 0 spiro atoms. The number of rotatable bonds is 3. The summed E-state index contributed by atoms with van der Waals surface area (Å²) in [6, 6.07) is 1.67. The maximum Gasteiger partial charge on any atom is 0.190 e. The van der Waals surface area contributed by atoms with Crippen LogP contribution in [-0.4, -0.2) is 26.2 Å². The molecule has 0 saturated heterocycles. The highest BCUT2D eigenvalue weighted by Crippen LogP contribution is 2.12. The molecule has 0 aliphatic carbocycles. The first-order chi connectivity index (χ1) is 7.97. The van der Waals surface area contributed by atoms with E-state index in [1.54, 1.807) is 16.8 Å². The number of hydrogen-bond donors (Lipinski definition) is 0. The zero-order valence-electron chi connectivity index (χ0n) is 10.0. The molecule has 0 aliphatic rings. The van der Waals surface area contributed by atoms with Gasteiger partial charge in [-0.3, -0.25) is 14.6 Å². The van der Waals surface area contributed by atoms with Gasteiger partial charge in [-0.15, -0.1) is 0 Å². The first-order valence-corrected chi connectivity index (χ1v) is 5.33. The Morgan fingerprint density at radius 1 is 1.35 bits per heavy atom. The van der Waals surface area contributed by atoms with Crippen molar-refractivity contribution in [2.24, 2.45) is 0 Å². The molecule has 0 aliphatic heterocycles. The molecule has 88 valence electrons. The van der Waals surface area contributed by atoms with Crippen molar-refractivity contribution >= 4 is 17.1 Å². The number of carbonyl (C=O) groups is 2. The number of nitrogens with zero attached hydrogens (tertiary/aromatic N) is 3. The highest BCUT2D eigenvalue weighted by Gasteiger charge is 2.14. The molecule has 0 bridgehead atoms. The Bertz CT molecular complexity index is 613. The molecule has 5 heteroatoms. The van der Waals surface area contributed by atoms with Gasteiger partial charge in [-0.25, -0.2) is 4.52 Å². The second-order valence-corrected chi connectivity index (χ2v) is 4.13. The minimum Gasteiger partial charge on any atom is -0.300 e. The summed E-state index contributed by atoms with van der Waals surface area (Å²) in [6.07, 6.45) is 1.65. The first-order valence-electron chi connectivity index (χ1n) is 5.33. The Morgan fingerprint density at radius 3 is 2.71 bits per heavy atom. The van der Waals surface area contributed by atoms with Crippen LogP contribution in [-0.2, 0) is 4.79 Å². The molecule has 2 rings (SSSR count). The smallest absolute Gasteiger partial charge is 0.190 e. The van der Waals surface area contributed by atoms with Gasteiger partial charge in [-0.2, -0.15) is 5.10 Å². The lowest BCUT2D eigenvalue weighted by Crippen LogP contribution is -2.05. The summed E-state index contributed by atoms with van der Waals surface area (Å²) in [7, 11) is 0. The lowest BCUT2D eigenvalue weighted by molar-refractivity contribution is -0.116. The molecule has 5 nitrogen and oxygen atoms in total. The van der Waals surface area contributed by atoms with E-state index in [9.17, 15) is 9.59 Å². The molecule has 0 saturated carbocycles. The number of carbonyl (C=O) groups excluding carboxylic acids is 2. The summed E-state index contributed by atoms with van der Waals surface area (Å²) in [4.78, 5) is 26.9. The second-order valence-electron chi connectivity index (χ2n) is 4.13. The van der Waals surface area contributed by atoms with Gasteiger partial charge in [0, 0.05) is 0 Å². The van der Waals surface area contributed by atoms with E-state index < -0.39 is 0 Å². The fourth-order valence-corrected chi connectivity index (χ4v) is 1.74. The van der Waals surface area contributed by atoms with Crippen LogP contribution in [0, 0.1) is 13.8 Å². The number of Topliss-reactive ketones (excluding diaryl/α,β-unsaturated/α-hetero) is 2. The van der Waals surface area contributed by atoms with Crippen molar-refractivity contribution in [3.05, 3.63) is 29.3 Å². The van der Waals surface area contributed by atoms with Crippen LogP contribution in [0.4, 0.5) is 0 Å². The van der Waals surface area contributed by atoms with Gasteiger partial charge in [0.15, 0.2) is 5.78 Å². The second kappa shape index (κ2) is 4.08. The van der Waals surface area contributed by atoms with Crippen LogP contribution in [0.15, 0.2) is 12.3 Å². The quantitative estimate of drug-likeness (QED) is 0.593. The van der Waals surface area contributed by atoms with Crippen molar-refractivity contribution in [3.63, 3.8) is 0 Å². The van der Waals surface area contributed by atoms with Gasteiger partial charge in [0.2, 0.25) is 0 Å². The average molecular weight is 231 g/mol. The third-order valence-electron chi connectivity index (χ3n) is 2.45. The van der Waals surface area contributed by atoms with E-state index in [2.05, 4.69) is 10.1 Å². The zero-order valence-corrected chi connectivity index (χ0v) is 10.0. The zero-order chi connectivity index (χ0) is 12.6. The Labute approximate surface area is 98.5 Å². The van der Waals surface area contributed by atoms with Crippen molar-refractivity contribution in [1.29, 1.82) is 0 Å². The molecule has 0 fully saturated rings. The third-order valence-corrected chi connectivity index (χ3v) is 2.45. The summed E-state index contributed by atoms with van der Waals surface area (Å²) in [5.74, 6) is -0.406. The standard InChI is InChI=1S/C12H13N3O2/c1-7-6-15-11(9(3)13-7)5-10(14-15)12(17)4-8(2)16/h5-6H,4H2,1-3H3. The van der Waals surface area contributed by atoms with Crippen LogP contribution in [0.3, 0.4) is 0 Å². The van der Waals surface area contributed by atoms with Crippen molar-refractivity contribution in [3.8, 4) is 0 Å². The fraction of sp³-hybridized carbons (Fsp3) is 0.333. The number of hydrogen-bond acceptors (Lipinski definition) is 4. The van der Waals surface area contributed by atoms with Gasteiger partial charge in [-0.05, 0) is 26.8 Å². The molecule has 0 radical (unpaired) electrons. The Balaban J connectivity index is 2.48. The summed E-state index contributed by atoms with van der Waals surface area (Å²) >= 11 is 0. The van der Waals surface area contributed by atoms with E-state index in [-0.39, 0.29) is 18.0 Å². The number of aromatic nitrogens is 3. The Morgan fingerprint density at radius 2 is 2.06 bits per heavy atom. The number of aryl methyl sites for hydroxylation is 2. The normalized spacial score (nSPS) is 10.8. The summed E-state index contributed by atoms with van der Waals surface area (Å²) < 4.78 is 1.63. The van der Waals surface area contributed by atoms with E-state index in [4.69, 9.17) is 0 Å². The molecule has 2 aromatic rings. The Kier molecular flexibility index (Phi) is 2.75. The van der Waals surface area contributed by atoms with Crippen LogP contribution in [0.2, 0.25) is 0 Å². The predicted octanol–water partition coefficient (Wildman–Crippen LogP) is 1.51. The summed E-state index contributed by atoms with van der Waals surface area (Å²) in [6.45, 7) is 5.12. The maximum atomic E-state index is 11.7. The molecule has 2 heterocycles. The monoisotopic (exact) mass is 231 g/mol. The minimum atomic E-state index is -0.252. The molecule has 17 heavy (non-hydrogen) atoms. The van der Waals surface area contributed by atoms with Crippen LogP contribution < -0.4 is 0 Å². The van der Waals surface area contributed by atoms with Crippen LogP contribution in [0.1, 0.15) is 35.2 Å². The largest absolute Gasteiger partial charge is 0.300 e. The lowest BCUT2D eigenvalue weighted by Gasteiger charge is -1.98. The van der Waals surface area contributed by atoms with Crippen molar-refractivity contribution in [2.75, 3.05) is 0 Å². The van der Waals surface area contributed by atoms with Crippen LogP contribution >= 0.6 is 0 Å². The number of fused-ring (bicyclic) bond motifs is 1. The highest BCUT2D eigenvalue weighted by molar-refractivity contribution is 6.06. The van der Waals surface area contributed by atoms with Gasteiger partial charge >= 0.3 is 0 Å². The van der Waals surface area contributed by atoms with E-state index in [0.29, 0.717) is 5.69 Å². The predicted molar refractivity (Wildman–Crippen MR) is 62.1 cm³/mol. The Hall–Kier alpha value is -2.04. The minimum absolute atomic E-state index is 0.102. The van der Waals surface area contributed by atoms with Gasteiger partial charge in [0.05, 0.1) is 29.5 Å². The van der Waals surface area contributed by atoms with Gasteiger partial charge < -0.3 is 0 Å². The number of ketones is 2. The molecule has 2 aromatic heterocycles. The molecule has 0 atom stereocenters. The molecular formula is C12H13N3O2. The van der Waals surface area contributed by atoms with Crippen molar-refractivity contribution < 1.29 is 9.59 Å². The van der Waals surface area contributed by atoms with Crippen molar-refractivity contribution in [1.82, 2.24) is 14.6 Å². The van der Waals surface area contributed by atoms with Gasteiger partial charge in [-0.1, -0.05) is 0 Å². The van der Waals surface area contributed by atoms with Gasteiger partial charge in [0.25, 0.3) is 0 Å². The van der Waals surface area contributed by atoms with Crippen LogP contribution in [0.5, 0.6) is 0 Å². The molecular weight excluding hydrogens is 218 g/mol. The third kappa shape index (κ3) is 2.22. The first kappa shape index (κ1) is 11.4. The van der Waals surface area contributed by atoms with E-state index >= 15 is 0 Å². The molecule has 0 N–H and O–H groups in total. The topological polar surface area (TPSA) is 64.3 Å². The van der Waals surface area contributed by atoms with Crippen molar-refractivity contribution in [2.45, 2.75) is 27.2 Å². The average Bonchev–Trinajstić information content (AvgIpc) is 2.60. The summed E-state index contributed by atoms with van der Waals surface area (Å²) in [5, 5.41) is 4.16. The van der Waals surface area contributed by atoms with Gasteiger partial charge in [0.1, 0.15) is 11.5 Å². The van der Waals surface area contributed by atoms with E-state index in [0.717, 1.165) is 16.9 Å². The molecule has 0 aromatic carbocycles. The van der Waals surface area contributed by atoms with E-state index in [1.807, 2.05) is 13.8 Å². The van der Waals surface area contributed by atoms with Crippen LogP contribution in [0.25, 0.3) is 5.52 Å². The fourth-order valence-electron chi connectivity index (χ4n) is 1.74. The maximum absolute atomic E-state index is 11.7. The molecule has 0 unspecified atom stereocenters. The van der Waals surface area contributed by atoms with E-state index in [1.165, 1.54) is 6.92 Å². The summed E-state index contributed by atoms with van der Waals surface area (Å²) in [5.41, 5.74) is 2.77. The molecule has 0 amide bonds.